The highest BCUT2D eigenvalue weighted by Crippen LogP contribution is 2.15. The van der Waals surface area contributed by atoms with Gasteiger partial charge in [-0.3, -0.25) is 9.59 Å². The quantitative estimate of drug-likeness (QED) is 0.388. The van der Waals surface area contributed by atoms with Gasteiger partial charge in [0.25, 0.3) is 0 Å². The first-order valence-electron chi connectivity index (χ1n) is 8.13. The molecule has 0 rings (SSSR count). The average Bonchev–Trinajstić information content (AvgIpc) is 2.43. The van der Waals surface area contributed by atoms with E-state index in [2.05, 4.69) is 6.92 Å². The number of carboxylic acids is 2. The first kappa shape index (κ1) is 19.7. The Morgan fingerprint density at radius 2 is 1.43 bits per heavy atom. The largest absolute Gasteiger partial charge is 0.481 e. The van der Waals surface area contributed by atoms with E-state index in [1.54, 1.807) is 0 Å². The molecular formula is C17H30O4. The van der Waals surface area contributed by atoms with E-state index in [9.17, 15) is 9.59 Å². The molecule has 0 saturated heterocycles. The number of hydrogen-bond acceptors (Lipinski definition) is 2. The number of carbonyl (C=O) groups is 2. The third-order valence-corrected chi connectivity index (χ3v) is 3.78. The van der Waals surface area contributed by atoms with E-state index in [-0.39, 0.29) is 0 Å². The van der Waals surface area contributed by atoms with Gasteiger partial charge in [0.2, 0.25) is 0 Å². The highest BCUT2D eigenvalue weighted by Gasteiger charge is 2.27. The minimum Gasteiger partial charge on any atom is -0.481 e. The van der Waals surface area contributed by atoms with Crippen molar-refractivity contribution in [3.8, 4) is 0 Å². The Morgan fingerprint density at radius 3 is 1.90 bits per heavy atom. The molecule has 21 heavy (non-hydrogen) atoms. The average molecular weight is 298 g/mol. The SMILES string of the molecule is CCCCCCCCCCC=CC(C(=O)O)C(C)C(=O)O. The van der Waals surface area contributed by atoms with Crippen LogP contribution in [0.3, 0.4) is 0 Å². The monoisotopic (exact) mass is 298 g/mol. The molecule has 4 heteroatoms. The summed E-state index contributed by atoms with van der Waals surface area (Å²) in [4.78, 5) is 21.9. The van der Waals surface area contributed by atoms with Crippen molar-refractivity contribution in [1.82, 2.24) is 0 Å². The van der Waals surface area contributed by atoms with Crippen molar-refractivity contribution < 1.29 is 19.8 Å². The van der Waals surface area contributed by atoms with Gasteiger partial charge in [-0.25, -0.2) is 0 Å². The zero-order valence-electron chi connectivity index (χ0n) is 13.4. The minimum atomic E-state index is -1.07. The summed E-state index contributed by atoms with van der Waals surface area (Å²) in [6.45, 7) is 3.64. The summed E-state index contributed by atoms with van der Waals surface area (Å²) in [6, 6.07) is 0. The van der Waals surface area contributed by atoms with Gasteiger partial charge >= 0.3 is 11.9 Å². The van der Waals surface area contributed by atoms with E-state index >= 15 is 0 Å². The molecule has 2 unspecified atom stereocenters. The van der Waals surface area contributed by atoms with Crippen molar-refractivity contribution >= 4 is 11.9 Å². The van der Waals surface area contributed by atoms with Crippen LogP contribution in [0, 0.1) is 11.8 Å². The molecule has 0 radical (unpaired) electrons. The van der Waals surface area contributed by atoms with Crippen LogP contribution in [-0.2, 0) is 9.59 Å². The lowest BCUT2D eigenvalue weighted by Crippen LogP contribution is -2.25. The molecule has 0 aromatic rings. The van der Waals surface area contributed by atoms with E-state index < -0.39 is 23.8 Å². The molecule has 2 atom stereocenters. The molecule has 0 bridgehead atoms. The summed E-state index contributed by atoms with van der Waals surface area (Å²) in [6.07, 6.45) is 14.1. The maximum atomic E-state index is 11.0. The zero-order valence-corrected chi connectivity index (χ0v) is 13.4. The van der Waals surface area contributed by atoms with E-state index in [4.69, 9.17) is 10.2 Å². The zero-order chi connectivity index (χ0) is 16.1. The molecule has 4 nitrogen and oxygen atoms in total. The Labute approximate surface area is 128 Å². The van der Waals surface area contributed by atoms with Gasteiger partial charge in [0.05, 0.1) is 11.8 Å². The Bertz CT molecular complexity index is 323. The number of rotatable bonds is 13. The van der Waals surface area contributed by atoms with Crippen LogP contribution < -0.4 is 0 Å². The molecular weight excluding hydrogens is 268 g/mol. The van der Waals surface area contributed by atoms with Gasteiger partial charge in [-0.2, -0.15) is 0 Å². The second kappa shape index (κ2) is 12.4. The van der Waals surface area contributed by atoms with Gasteiger partial charge in [0.1, 0.15) is 0 Å². The fourth-order valence-corrected chi connectivity index (χ4v) is 2.26. The van der Waals surface area contributed by atoms with Gasteiger partial charge in [0.15, 0.2) is 0 Å². The predicted molar refractivity (Wildman–Crippen MR) is 84.3 cm³/mol. The van der Waals surface area contributed by atoms with E-state index in [0.29, 0.717) is 0 Å². The summed E-state index contributed by atoms with van der Waals surface area (Å²) < 4.78 is 0. The maximum Gasteiger partial charge on any atom is 0.311 e. The van der Waals surface area contributed by atoms with Crippen molar-refractivity contribution in [1.29, 1.82) is 0 Å². The molecule has 0 spiro atoms. The molecule has 0 aromatic heterocycles. The van der Waals surface area contributed by atoms with Gasteiger partial charge in [-0.15, -0.1) is 0 Å². The number of carboxylic acid groups (broad SMARTS) is 2. The fraction of sp³-hybridized carbons (Fsp3) is 0.765. The third kappa shape index (κ3) is 10.1. The Morgan fingerprint density at radius 1 is 0.905 bits per heavy atom. The lowest BCUT2D eigenvalue weighted by atomic mass is 9.93. The smallest absolute Gasteiger partial charge is 0.311 e. The van der Waals surface area contributed by atoms with E-state index in [1.807, 2.05) is 6.08 Å². The van der Waals surface area contributed by atoms with Gasteiger partial charge < -0.3 is 10.2 Å². The van der Waals surface area contributed by atoms with Crippen LogP contribution in [0.15, 0.2) is 12.2 Å². The van der Waals surface area contributed by atoms with Crippen LogP contribution in [-0.4, -0.2) is 22.2 Å². The van der Waals surface area contributed by atoms with Crippen molar-refractivity contribution in [2.75, 3.05) is 0 Å². The van der Waals surface area contributed by atoms with Crippen molar-refractivity contribution in [2.24, 2.45) is 11.8 Å². The Kier molecular flexibility index (Phi) is 11.6. The highest BCUT2D eigenvalue weighted by atomic mass is 16.4. The molecule has 0 fully saturated rings. The first-order valence-corrected chi connectivity index (χ1v) is 8.13. The summed E-state index contributed by atoms with van der Waals surface area (Å²) in [5.41, 5.74) is 0. The normalized spacial score (nSPS) is 14.2. The molecule has 0 amide bonds. The van der Waals surface area contributed by atoms with Crippen molar-refractivity contribution in [2.45, 2.75) is 71.6 Å². The lowest BCUT2D eigenvalue weighted by molar-refractivity contribution is -0.151. The molecule has 0 aliphatic heterocycles. The van der Waals surface area contributed by atoms with E-state index in [1.165, 1.54) is 51.5 Å². The Hall–Kier alpha value is -1.32. The van der Waals surface area contributed by atoms with Crippen molar-refractivity contribution in [3.63, 3.8) is 0 Å². The molecule has 0 aliphatic carbocycles. The second-order valence-electron chi connectivity index (χ2n) is 5.68. The van der Waals surface area contributed by atoms with Crippen LogP contribution in [0.5, 0.6) is 0 Å². The Balaban J connectivity index is 3.78. The second-order valence-corrected chi connectivity index (χ2v) is 5.68. The topological polar surface area (TPSA) is 74.6 Å². The maximum absolute atomic E-state index is 11.0. The van der Waals surface area contributed by atoms with Gasteiger partial charge in [-0.1, -0.05) is 70.9 Å². The lowest BCUT2D eigenvalue weighted by Gasteiger charge is -2.11. The summed E-state index contributed by atoms with van der Waals surface area (Å²) in [7, 11) is 0. The van der Waals surface area contributed by atoms with Crippen LogP contribution in [0.4, 0.5) is 0 Å². The first-order chi connectivity index (χ1) is 10.0. The predicted octanol–water partition coefficient (Wildman–Crippen LogP) is 4.49. The minimum absolute atomic E-state index is 0.824. The van der Waals surface area contributed by atoms with Crippen LogP contribution in [0.1, 0.15) is 71.6 Å². The van der Waals surface area contributed by atoms with E-state index in [0.717, 1.165) is 19.3 Å². The third-order valence-electron chi connectivity index (χ3n) is 3.78. The van der Waals surface area contributed by atoms with Crippen molar-refractivity contribution in [3.05, 3.63) is 12.2 Å². The molecule has 2 N–H and O–H groups in total. The summed E-state index contributed by atoms with van der Waals surface area (Å²) in [5, 5.41) is 17.9. The standard InChI is InChI=1S/C17H30O4/c1-3-4-5-6-7-8-9-10-11-12-13-15(17(20)21)14(2)16(18)19/h12-15H,3-11H2,1-2H3,(H,18,19)(H,20,21). The summed E-state index contributed by atoms with van der Waals surface area (Å²) in [5.74, 6) is -3.97. The van der Waals surface area contributed by atoms with Crippen LogP contribution in [0.25, 0.3) is 0 Å². The summed E-state index contributed by atoms with van der Waals surface area (Å²) >= 11 is 0. The molecule has 122 valence electrons. The number of aliphatic carboxylic acids is 2. The van der Waals surface area contributed by atoms with Crippen LogP contribution in [0.2, 0.25) is 0 Å². The molecule has 0 aromatic carbocycles. The highest BCUT2D eigenvalue weighted by molar-refractivity contribution is 5.81. The number of allylic oxidation sites excluding steroid dienone is 1. The van der Waals surface area contributed by atoms with Gasteiger partial charge in [0, 0.05) is 0 Å². The van der Waals surface area contributed by atoms with Gasteiger partial charge in [-0.05, 0) is 12.8 Å². The molecule has 0 aliphatic rings. The molecule has 0 heterocycles. The molecule has 0 saturated carbocycles. The fourth-order valence-electron chi connectivity index (χ4n) is 2.26. The number of unbranched alkanes of at least 4 members (excludes halogenated alkanes) is 8. The van der Waals surface area contributed by atoms with Crippen LogP contribution >= 0.6 is 0 Å². The number of hydrogen-bond donors (Lipinski definition) is 2.